The second-order valence-electron chi connectivity index (χ2n) is 4.92. The van der Waals surface area contributed by atoms with Gasteiger partial charge >= 0.3 is 5.97 Å². The van der Waals surface area contributed by atoms with Crippen LogP contribution in [0.2, 0.25) is 0 Å². The van der Waals surface area contributed by atoms with Gasteiger partial charge in [-0.05, 0) is 18.2 Å². The van der Waals surface area contributed by atoms with Crippen molar-refractivity contribution in [1.29, 1.82) is 0 Å². The molecule has 0 unspecified atom stereocenters. The maximum absolute atomic E-state index is 12.0. The van der Waals surface area contributed by atoms with E-state index >= 15 is 0 Å². The molecule has 0 atom stereocenters. The number of carbonyl (C=O) groups excluding carboxylic acids is 2. The topological polar surface area (TPSA) is 77.6 Å². The highest BCUT2D eigenvalue weighted by Crippen LogP contribution is 2.10. The Labute approximate surface area is 139 Å². The molecular formula is C17H19N3O4. The van der Waals surface area contributed by atoms with Gasteiger partial charge in [-0.15, -0.1) is 13.2 Å². The van der Waals surface area contributed by atoms with Gasteiger partial charge < -0.3 is 14.1 Å². The monoisotopic (exact) mass is 329 g/mol. The Bertz CT molecular complexity index is 693. The fourth-order valence-corrected chi connectivity index (χ4v) is 2.01. The number of amides is 1. The normalized spacial score (nSPS) is 10.2. The Balaban J connectivity index is 1.88. The summed E-state index contributed by atoms with van der Waals surface area (Å²) in [5.41, 5.74) is 0. The van der Waals surface area contributed by atoms with Crippen LogP contribution in [0.4, 0.5) is 0 Å². The molecule has 0 aliphatic heterocycles. The van der Waals surface area contributed by atoms with Gasteiger partial charge in [0, 0.05) is 25.5 Å². The molecule has 2 heterocycles. The van der Waals surface area contributed by atoms with Crippen LogP contribution in [0.1, 0.15) is 16.3 Å². The summed E-state index contributed by atoms with van der Waals surface area (Å²) in [4.78, 5) is 25.4. The third-order valence-electron chi connectivity index (χ3n) is 3.12. The third-order valence-corrected chi connectivity index (χ3v) is 3.12. The average molecular weight is 329 g/mol. The number of ether oxygens (including phenoxy) is 1. The van der Waals surface area contributed by atoms with E-state index in [1.54, 1.807) is 41.4 Å². The summed E-state index contributed by atoms with van der Waals surface area (Å²) in [5.74, 6) is -0.403. The molecule has 126 valence electrons. The molecule has 0 aliphatic rings. The lowest BCUT2D eigenvalue weighted by Gasteiger charge is -2.18. The van der Waals surface area contributed by atoms with E-state index in [1.165, 1.54) is 11.0 Å². The van der Waals surface area contributed by atoms with Crippen LogP contribution >= 0.6 is 0 Å². The minimum absolute atomic E-state index is 0.0453. The highest BCUT2D eigenvalue weighted by Gasteiger charge is 2.17. The second-order valence-corrected chi connectivity index (χ2v) is 4.92. The lowest BCUT2D eigenvalue weighted by molar-refractivity contribution is -0.133. The fourth-order valence-electron chi connectivity index (χ4n) is 2.01. The first-order valence-electron chi connectivity index (χ1n) is 7.37. The highest BCUT2D eigenvalue weighted by atomic mass is 16.5. The van der Waals surface area contributed by atoms with E-state index in [1.807, 2.05) is 0 Å². The Morgan fingerprint density at radius 2 is 2.04 bits per heavy atom. The predicted octanol–water partition coefficient (Wildman–Crippen LogP) is 1.88. The number of furan rings is 1. The highest BCUT2D eigenvalue weighted by molar-refractivity contribution is 5.88. The number of hydrogen-bond donors (Lipinski definition) is 0. The largest absolute Gasteiger partial charge is 0.452 e. The molecule has 2 rings (SSSR count). The van der Waals surface area contributed by atoms with Crippen LogP contribution in [0.3, 0.4) is 0 Å². The zero-order chi connectivity index (χ0) is 17.4. The number of carbonyl (C=O) groups is 2. The van der Waals surface area contributed by atoms with Gasteiger partial charge in [0.05, 0.1) is 6.54 Å². The van der Waals surface area contributed by atoms with Crippen LogP contribution in [0.15, 0.2) is 60.3 Å². The lowest BCUT2D eigenvalue weighted by Crippen LogP contribution is -2.34. The first kappa shape index (κ1) is 17.3. The number of nitrogens with zero attached hydrogens (tertiary/aromatic N) is 3. The number of rotatable bonds is 9. The molecule has 0 radical (unpaired) electrons. The van der Waals surface area contributed by atoms with Crippen LogP contribution in [-0.2, 0) is 16.1 Å². The molecule has 0 N–H and O–H groups in total. The lowest BCUT2D eigenvalue weighted by atomic mass is 10.4. The predicted molar refractivity (Wildman–Crippen MR) is 87.3 cm³/mol. The van der Waals surface area contributed by atoms with Crippen LogP contribution in [0.5, 0.6) is 0 Å². The van der Waals surface area contributed by atoms with Gasteiger partial charge in [-0.3, -0.25) is 9.48 Å². The zero-order valence-electron chi connectivity index (χ0n) is 13.3. The molecule has 0 saturated carbocycles. The molecule has 1 amide bonds. The molecule has 0 spiro atoms. The molecule has 0 aromatic carbocycles. The van der Waals surface area contributed by atoms with Crippen LogP contribution in [0.25, 0.3) is 0 Å². The Morgan fingerprint density at radius 3 is 2.67 bits per heavy atom. The molecule has 24 heavy (non-hydrogen) atoms. The average Bonchev–Trinajstić information content (AvgIpc) is 3.24. The minimum atomic E-state index is -0.688. The van der Waals surface area contributed by atoms with Crippen molar-refractivity contribution in [3.05, 3.63) is 67.4 Å². The molecule has 2 aromatic rings. The van der Waals surface area contributed by atoms with E-state index in [0.29, 0.717) is 25.4 Å². The van der Waals surface area contributed by atoms with Gasteiger partial charge in [0.25, 0.3) is 5.91 Å². The number of esters is 1. The number of aromatic nitrogens is 2. The molecule has 0 saturated heterocycles. The summed E-state index contributed by atoms with van der Waals surface area (Å²) in [6.07, 6.45) is 6.63. The Kier molecular flexibility index (Phi) is 6.13. The first-order valence-corrected chi connectivity index (χ1v) is 7.37. The van der Waals surface area contributed by atoms with Crippen molar-refractivity contribution >= 4 is 11.9 Å². The SMILES string of the molecule is C=CCN(CC=C)C(=O)COC(=O)c1ccc(Cn2cccn2)o1. The van der Waals surface area contributed by atoms with Crippen molar-refractivity contribution in [3.63, 3.8) is 0 Å². The van der Waals surface area contributed by atoms with Gasteiger partial charge in [-0.2, -0.15) is 5.10 Å². The standard InChI is InChI=1S/C17H19N3O4/c1-3-9-19(10-4-2)16(21)13-23-17(22)15-7-6-14(24-15)12-20-11-5-8-18-20/h3-8,11H,1-2,9-10,12-13H2. The maximum Gasteiger partial charge on any atom is 0.374 e. The van der Waals surface area contributed by atoms with Gasteiger partial charge in [0.2, 0.25) is 5.76 Å². The maximum atomic E-state index is 12.0. The van der Waals surface area contributed by atoms with Crippen molar-refractivity contribution in [2.45, 2.75) is 6.54 Å². The minimum Gasteiger partial charge on any atom is -0.452 e. The van der Waals surface area contributed by atoms with E-state index in [9.17, 15) is 9.59 Å². The molecule has 0 fully saturated rings. The van der Waals surface area contributed by atoms with Crippen molar-refractivity contribution < 1.29 is 18.7 Å². The van der Waals surface area contributed by atoms with Crippen molar-refractivity contribution in [2.75, 3.05) is 19.7 Å². The van der Waals surface area contributed by atoms with E-state index in [0.717, 1.165) is 0 Å². The van der Waals surface area contributed by atoms with Crippen molar-refractivity contribution in [1.82, 2.24) is 14.7 Å². The molecule has 0 aliphatic carbocycles. The summed E-state index contributed by atoms with van der Waals surface area (Å²) in [7, 11) is 0. The zero-order valence-corrected chi connectivity index (χ0v) is 13.3. The van der Waals surface area contributed by atoms with E-state index < -0.39 is 5.97 Å². The van der Waals surface area contributed by atoms with Crippen LogP contribution in [-0.4, -0.2) is 46.3 Å². The second kappa shape index (κ2) is 8.52. The molecule has 2 aromatic heterocycles. The van der Waals surface area contributed by atoms with Gasteiger partial charge in [0.1, 0.15) is 5.76 Å². The van der Waals surface area contributed by atoms with E-state index in [-0.39, 0.29) is 18.3 Å². The van der Waals surface area contributed by atoms with Crippen LogP contribution in [0, 0.1) is 0 Å². The van der Waals surface area contributed by atoms with Crippen molar-refractivity contribution in [3.8, 4) is 0 Å². The van der Waals surface area contributed by atoms with E-state index in [2.05, 4.69) is 18.3 Å². The van der Waals surface area contributed by atoms with Crippen LogP contribution < -0.4 is 0 Å². The summed E-state index contributed by atoms with van der Waals surface area (Å²) in [5, 5.41) is 4.05. The molecule has 0 bridgehead atoms. The quantitative estimate of drug-likeness (QED) is 0.518. The van der Waals surface area contributed by atoms with Crippen molar-refractivity contribution in [2.24, 2.45) is 0 Å². The smallest absolute Gasteiger partial charge is 0.374 e. The van der Waals surface area contributed by atoms with Gasteiger partial charge in [-0.25, -0.2) is 4.79 Å². The summed E-state index contributed by atoms with van der Waals surface area (Å²) in [6, 6.07) is 4.97. The first-order chi connectivity index (χ1) is 11.6. The van der Waals surface area contributed by atoms with Gasteiger partial charge in [-0.1, -0.05) is 12.2 Å². The fraction of sp³-hybridized carbons (Fsp3) is 0.235. The van der Waals surface area contributed by atoms with E-state index in [4.69, 9.17) is 9.15 Å². The molecule has 7 nitrogen and oxygen atoms in total. The third kappa shape index (κ3) is 4.70. The molecular weight excluding hydrogens is 310 g/mol. The number of hydrogen-bond acceptors (Lipinski definition) is 5. The van der Waals surface area contributed by atoms with Gasteiger partial charge in [0.15, 0.2) is 6.61 Å². The summed E-state index contributed by atoms with van der Waals surface area (Å²) in [6.45, 7) is 7.93. The summed E-state index contributed by atoms with van der Waals surface area (Å²) >= 11 is 0. The summed E-state index contributed by atoms with van der Waals surface area (Å²) < 4.78 is 12.1. The Morgan fingerprint density at radius 1 is 1.29 bits per heavy atom. The molecule has 7 heteroatoms. The Hall–Kier alpha value is -3.09.